The summed E-state index contributed by atoms with van der Waals surface area (Å²) in [5, 5.41) is 2.73. The predicted molar refractivity (Wildman–Crippen MR) is 98.8 cm³/mol. The number of methoxy groups -OCH3 is 1. The van der Waals surface area contributed by atoms with Gasteiger partial charge >= 0.3 is 6.09 Å². The third-order valence-electron chi connectivity index (χ3n) is 4.04. The van der Waals surface area contributed by atoms with E-state index in [-0.39, 0.29) is 17.7 Å². The molecule has 1 N–H and O–H groups in total. The van der Waals surface area contributed by atoms with Gasteiger partial charge < -0.3 is 19.7 Å². The third kappa shape index (κ3) is 4.84. The fourth-order valence-electron chi connectivity index (χ4n) is 2.63. The monoisotopic (exact) mass is 370 g/mol. The number of rotatable bonds is 6. The number of anilines is 1. The van der Waals surface area contributed by atoms with Gasteiger partial charge in [-0.15, -0.1) is 0 Å². The van der Waals surface area contributed by atoms with Crippen molar-refractivity contribution in [2.45, 2.75) is 6.54 Å². The molecule has 0 saturated carbocycles. The summed E-state index contributed by atoms with van der Waals surface area (Å²) in [6.07, 6.45) is 2.54. The summed E-state index contributed by atoms with van der Waals surface area (Å²) < 4.78 is 23.4. The van der Waals surface area contributed by atoms with Gasteiger partial charge in [0.2, 0.25) is 5.91 Å². The van der Waals surface area contributed by atoms with Gasteiger partial charge in [0, 0.05) is 18.3 Å². The van der Waals surface area contributed by atoms with Gasteiger partial charge in [0.05, 0.1) is 13.7 Å². The van der Waals surface area contributed by atoms with E-state index in [1.165, 1.54) is 31.4 Å². The Morgan fingerprint density at radius 2 is 2.07 bits per heavy atom. The second-order valence-electron chi connectivity index (χ2n) is 5.95. The molecule has 0 spiro atoms. The number of ether oxygens (including phenoxy) is 2. The second-order valence-corrected chi connectivity index (χ2v) is 5.95. The summed E-state index contributed by atoms with van der Waals surface area (Å²) >= 11 is 0. The van der Waals surface area contributed by atoms with Crippen LogP contribution in [0.2, 0.25) is 0 Å². The average Bonchev–Trinajstić information content (AvgIpc) is 3.06. The first kappa shape index (κ1) is 18.4. The van der Waals surface area contributed by atoms with Crippen molar-refractivity contribution < 1.29 is 23.5 Å². The van der Waals surface area contributed by atoms with Crippen LogP contribution < -0.4 is 10.1 Å². The highest BCUT2D eigenvalue weighted by atomic mass is 19.1. The number of amides is 2. The second kappa shape index (κ2) is 8.35. The molecule has 2 aromatic carbocycles. The summed E-state index contributed by atoms with van der Waals surface area (Å²) in [7, 11) is 1.39. The molecular formula is C20H19FN2O4. The number of carbonyl (C=O) groups is 2. The van der Waals surface area contributed by atoms with Crippen LogP contribution in [0, 0.1) is 5.82 Å². The predicted octanol–water partition coefficient (Wildman–Crippen LogP) is 3.44. The van der Waals surface area contributed by atoms with E-state index in [0.717, 1.165) is 5.56 Å². The summed E-state index contributed by atoms with van der Waals surface area (Å²) in [4.78, 5) is 25.1. The normalized spacial score (nSPS) is 13.7. The topological polar surface area (TPSA) is 67.9 Å². The molecule has 1 saturated heterocycles. The summed E-state index contributed by atoms with van der Waals surface area (Å²) in [5.41, 5.74) is 2.12. The van der Waals surface area contributed by atoms with E-state index in [0.29, 0.717) is 30.9 Å². The zero-order chi connectivity index (χ0) is 19.2. The summed E-state index contributed by atoms with van der Waals surface area (Å²) in [6, 6.07) is 11.6. The molecule has 2 amide bonds. The van der Waals surface area contributed by atoms with Crippen LogP contribution in [-0.2, 0) is 16.1 Å². The SMILES string of the molecule is COc1ccc(C=CC(=O)Nc2ccc(CN3CCOC3=O)cc2)cc1F. The highest BCUT2D eigenvalue weighted by molar-refractivity contribution is 6.01. The number of benzene rings is 2. The molecule has 0 bridgehead atoms. The maximum absolute atomic E-state index is 13.6. The third-order valence-corrected chi connectivity index (χ3v) is 4.04. The molecule has 0 atom stereocenters. The summed E-state index contributed by atoms with van der Waals surface area (Å²) in [5.74, 6) is -0.668. The Morgan fingerprint density at radius 3 is 2.70 bits per heavy atom. The number of carbonyl (C=O) groups excluding carboxylic acids is 2. The minimum Gasteiger partial charge on any atom is -0.494 e. The highest BCUT2D eigenvalue weighted by Gasteiger charge is 2.21. The van der Waals surface area contributed by atoms with Crippen molar-refractivity contribution in [1.29, 1.82) is 0 Å². The van der Waals surface area contributed by atoms with Crippen LogP contribution in [0.4, 0.5) is 14.9 Å². The molecular weight excluding hydrogens is 351 g/mol. The van der Waals surface area contributed by atoms with Gasteiger partial charge in [0.25, 0.3) is 0 Å². The van der Waals surface area contributed by atoms with Gasteiger partial charge in [-0.05, 0) is 41.5 Å². The number of halogens is 1. The van der Waals surface area contributed by atoms with Crippen molar-refractivity contribution in [3.05, 3.63) is 65.5 Å². The number of hydrogen-bond acceptors (Lipinski definition) is 4. The van der Waals surface area contributed by atoms with E-state index in [4.69, 9.17) is 9.47 Å². The average molecular weight is 370 g/mol. The van der Waals surface area contributed by atoms with Crippen molar-refractivity contribution in [3.8, 4) is 5.75 Å². The lowest BCUT2D eigenvalue weighted by Crippen LogP contribution is -2.23. The number of nitrogens with zero attached hydrogens (tertiary/aromatic N) is 1. The van der Waals surface area contributed by atoms with Crippen LogP contribution >= 0.6 is 0 Å². The maximum atomic E-state index is 13.6. The molecule has 2 aromatic rings. The standard InChI is InChI=1S/C20H19FN2O4/c1-26-18-8-4-14(12-17(18)21)5-9-19(24)22-16-6-2-15(3-7-16)13-23-10-11-27-20(23)25/h2-9,12H,10-11,13H2,1H3,(H,22,24). The number of cyclic esters (lactones) is 1. The highest BCUT2D eigenvalue weighted by Crippen LogP contribution is 2.18. The van der Waals surface area contributed by atoms with Gasteiger partial charge in [0.15, 0.2) is 11.6 Å². The van der Waals surface area contributed by atoms with Crippen LogP contribution in [0.15, 0.2) is 48.5 Å². The number of hydrogen-bond donors (Lipinski definition) is 1. The van der Waals surface area contributed by atoms with Crippen LogP contribution in [0.3, 0.4) is 0 Å². The molecule has 1 aliphatic heterocycles. The van der Waals surface area contributed by atoms with Crippen LogP contribution in [0.25, 0.3) is 6.08 Å². The first-order valence-electron chi connectivity index (χ1n) is 8.38. The van der Waals surface area contributed by atoms with Crippen LogP contribution in [-0.4, -0.2) is 37.2 Å². The van der Waals surface area contributed by atoms with Gasteiger partial charge in [0.1, 0.15) is 6.61 Å². The lowest BCUT2D eigenvalue weighted by Gasteiger charge is -2.12. The molecule has 1 fully saturated rings. The van der Waals surface area contributed by atoms with E-state index >= 15 is 0 Å². The largest absolute Gasteiger partial charge is 0.494 e. The van der Waals surface area contributed by atoms with Gasteiger partial charge in [-0.3, -0.25) is 4.79 Å². The minimum absolute atomic E-state index is 0.152. The molecule has 0 unspecified atom stereocenters. The molecule has 1 heterocycles. The fourth-order valence-corrected chi connectivity index (χ4v) is 2.63. The Hall–Kier alpha value is -3.35. The molecule has 0 radical (unpaired) electrons. The first-order valence-corrected chi connectivity index (χ1v) is 8.38. The van der Waals surface area contributed by atoms with Crippen molar-refractivity contribution >= 4 is 23.8 Å². The molecule has 140 valence electrons. The van der Waals surface area contributed by atoms with Gasteiger partial charge in [-0.25, -0.2) is 9.18 Å². The lowest BCUT2D eigenvalue weighted by atomic mass is 10.2. The Morgan fingerprint density at radius 1 is 1.30 bits per heavy atom. The minimum atomic E-state index is -0.488. The van der Waals surface area contributed by atoms with E-state index in [2.05, 4.69) is 5.32 Å². The zero-order valence-corrected chi connectivity index (χ0v) is 14.8. The van der Waals surface area contributed by atoms with Crippen molar-refractivity contribution in [1.82, 2.24) is 4.90 Å². The van der Waals surface area contributed by atoms with Crippen LogP contribution in [0.5, 0.6) is 5.75 Å². The number of nitrogens with one attached hydrogen (secondary N) is 1. The molecule has 3 rings (SSSR count). The van der Waals surface area contributed by atoms with Crippen LogP contribution in [0.1, 0.15) is 11.1 Å². The van der Waals surface area contributed by atoms with Crippen molar-refractivity contribution in [2.75, 3.05) is 25.6 Å². The van der Waals surface area contributed by atoms with Crippen molar-refractivity contribution in [2.24, 2.45) is 0 Å². The molecule has 7 heteroatoms. The van der Waals surface area contributed by atoms with E-state index < -0.39 is 5.82 Å². The Kier molecular flexibility index (Phi) is 5.71. The quantitative estimate of drug-likeness (QED) is 0.791. The zero-order valence-electron chi connectivity index (χ0n) is 14.8. The van der Waals surface area contributed by atoms with Gasteiger partial charge in [-0.2, -0.15) is 0 Å². The smallest absolute Gasteiger partial charge is 0.410 e. The Balaban J connectivity index is 1.56. The lowest BCUT2D eigenvalue weighted by molar-refractivity contribution is -0.111. The van der Waals surface area contributed by atoms with E-state index in [9.17, 15) is 14.0 Å². The molecule has 6 nitrogen and oxygen atoms in total. The molecule has 27 heavy (non-hydrogen) atoms. The van der Waals surface area contributed by atoms with E-state index in [1.807, 2.05) is 12.1 Å². The Bertz CT molecular complexity index is 865. The molecule has 1 aliphatic rings. The Labute approximate surface area is 156 Å². The fraction of sp³-hybridized carbons (Fsp3) is 0.200. The molecule has 0 aliphatic carbocycles. The molecule has 0 aromatic heterocycles. The maximum Gasteiger partial charge on any atom is 0.410 e. The van der Waals surface area contributed by atoms with Crippen molar-refractivity contribution in [3.63, 3.8) is 0 Å². The van der Waals surface area contributed by atoms with Gasteiger partial charge in [-0.1, -0.05) is 18.2 Å². The van der Waals surface area contributed by atoms with E-state index in [1.54, 1.807) is 23.1 Å². The first-order chi connectivity index (χ1) is 13.0. The summed E-state index contributed by atoms with van der Waals surface area (Å²) in [6.45, 7) is 1.46.